The van der Waals surface area contributed by atoms with E-state index in [4.69, 9.17) is 0 Å². The van der Waals surface area contributed by atoms with E-state index in [2.05, 4.69) is 31.3 Å². The van der Waals surface area contributed by atoms with E-state index < -0.39 is 10.0 Å². The van der Waals surface area contributed by atoms with Crippen molar-refractivity contribution in [1.29, 1.82) is 0 Å². The molecule has 7 heteroatoms. The largest absolute Gasteiger partial charge is 0.349 e. The average molecular weight is 447 g/mol. The predicted octanol–water partition coefficient (Wildman–Crippen LogP) is 4.30. The molecule has 1 aliphatic heterocycles. The van der Waals surface area contributed by atoms with Crippen molar-refractivity contribution in [3.05, 3.63) is 59.2 Å². The maximum absolute atomic E-state index is 12.9. The Morgan fingerprint density at radius 1 is 1.07 bits per heavy atom. The Morgan fingerprint density at radius 2 is 1.70 bits per heavy atom. The number of carbonyl (C=O) groups excluding carboxylic acids is 1. The number of carbonyl (C=O) groups is 1. The van der Waals surface area contributed by atoms with E-state index in [9.17, 15) is 13.2 Å². The number of sulfonamides is 1. The third-order valence-corrected chi connectivity index (χ3v) is 8.57. The van der Waals surface area contributed by atoms with Gasteiger partial charge in [-0.1, -0.05) is 18.2 Å². The number of aryl methyl sites for hydroxylation is 2. The zero-order valence-corrected chi connectivity index (χ0v) is 19.6. The molecule has 3 rings (SSSR count). The number of hydrogen-bond donors (Lipinski definition) is 1. The third kappa shape index (κ3) is 5.07. The second kappa shape index (κ2) is 9.54. The van der Waals surface area contributed by atoms with Gasteiger partial charge in [0, 0.05) is 23.9 Å². The zero-order valence-electron chi connectivity index (χ0n) is 18.0. The summed E-state index contributed by atoms with van der Waals surface area (Å²) in [4.78, 5) is 14.1. The topological polar surface area (TPSA) is 66.5 Å². The van der Waals surface area contributed by atoms with Gasteiger partial charge < -0.3 is 5.32 Å². The van der Waals surface area contributed by atoms with Gasteiger partial charge in [0.2, 0.25) is 15.9 Å². The molecule has 0 aromatic heterocycles. The number of amides is 1. The van der Waals surface area contributed by atoms with Crippen LogP contribution in [0, 0.1) is 19.8 Å². The Kier molecular flexibility index (Phi) is 7.26. The van der Waals surface area contributed by atoms with Crippen LogP contribution >= 0.6 is 11.8 Å². The lowest BCUT2D eigenvalue weighted by Crippen LogP contribution is -2.43. The van der Waals surface area contributed by atoms with Crippen molar-refractivity contribution in [2.75, 3.05) is 19.3 Å². The first kappa shape index (κ1) is 22.8. The molecule has 1 amide bonds. The summed E-state index contributed by atoms with van der Waals surface area (Å²) < 4.78 is 27.3. The zero-order chi connectivity index (χ0) is 21.9. The van der Waals surface area contributed by atoms with Crippen LogP contribution < -0.4 is 5.32 Å². The summed E-state index contributed by atoms with van der Waals surface area (Å²) in [5.74, 6) is -0.161. The van der Waals surface area contributed by atoms with E-state index in [0.29, 0.717) is 30.8 Å². The van der Waals surface area contributed by atoms with E-state index in [-0.39, 0.29) is 17.9 Å². The monoisotopic (exact) mass is 446 g/mol. The summed E-state index contributed by atoms with van der Waals surface area (Å²) in [7, 11) is -3.52. The van der Waals surface area contributed by atoms with Crippen LogP contribution in [0.3, 0.4) is 0 Å². The molecule has 0 unspecified atom stereocenters. The fraction of sp³-hybridized carbons (Fsp3) is 0.435. The number of piperidine rings is 1. The average Bonchev–Trinajstić information content (AvgIpc) is 2.75. The molecule has 0 radical (unpaired) electrons. The molecule has 1 aliphatic rings. The Balaban J connectivity index is 1.58. The fourth-order valence-corrected chi connectivity index (χ4v) is 5.58. The third-order valence-electron chi connectivity index (χ3n) is 5.91. The second-order valence-electron chi connectivity index (χ2n) is 7.93. The molecule has 162 valence electrons. The van der Waals surface area contributed by atoms with Crippen LogP contribution in [0.25, 0.3) is 0 Å². The summed E-state index contributed by atoms with van der Waals surface area (Å²) in [5.41, 5.74) is 3.52. The van der Waals surface area contributed by atoms with Gasteiger partial charge in [-0.3, -0.25) is 4.79 Å². The molecule has 0 saturated carbocycles. The van der Waals surface area contributed by atoms with E-state index in [1.165, 1.54) is 15.4 Å². The van der Waals surface area contributed by atoms with Crippen LogP contribution in [-0.4, -0.2) is 38.0 Å². The number of benzene rings is 2. The minimum absolute atomic E-state index is 0.00194. The van der Waals surface area contributed by atoms with Gasteiger partial charge in [-0.05, 0) is 80.8 Å². The van der Waals surface area contributed by atoms with E-state index >= 15 is 0 Å². The van der Waals surface area contributed by atoms with Gasteiger partial charge in [-0.25, -0.2) is 8.42 Å². The van der Waals surface area contributed by atoms with Crippen LogP contribution in [-0.2, 0) is 14.8 Å². The molecule has 2 aromatic carbocycles. The molecule has 1 fully saturated rings. The highest BCUT2D eigenvalue weighted by molar-refractivity contribution is 7.98. The van der Waals surface area contributed by atoms with Crippen LogP contribution in [0.5, 0.6) is 0 Å². The van der Waals surface area contributed by atoms with Crippen LogP contribution in [0.2, 0.25) is 0 Å². The lowest BCUT2D eigenvalue weighted by Gasteiger charge is -2.31. The van der Waals surface area contributed by atoms with Crippen molar-refractivity contribution in [3.8, 4) is 0 Å². The second-order valence-corrected chi connectivity index (χ2v) is 10.7. The van der Waals surface area contributed by atoms with Gasteiger partial charge in [0.25, 0.3) is 0 Å². The van der Waals surface area contributed by atoms with Crippen LogP contribution in [0.1, 0.15) is 42.5 Å². The lowest BCUT2D eigenvalue weighted by atomic mass is 9.96. The van der Waals surface area contributed by atoms with Crippen LogP contribution in [0.4, 0.5) is 0 Å². The smallest absolute Gasteiger partial charge is 0.243 e. The van der Waals surface area contributed by atoms with Crippen molar-refractivity contribution < 1.29 is 13.2 Å². The molecule has 2 aromatic rings. The molecule has 1 atom stereocenters. The van der Waals surface area contributed by atoms with Gasteiger partial charge in [0.15, 0.2) is 0 Å². The summed E-state index contributed by atoms with van der Waals surface area (Å²) in [6, 6.07) is 13.1. The highest BCUT2D eigenvalue weighted by atomic mass is 32.2. The minimum atomic E-state index is -3.52. The van der Waals surface area contributed by atoms with Gasteiger partial charge >= 0.3 is 0 Å². The molecule has 5 nitrogen and oxygen atoms in total. The number of hydrogen-bond acceptors (Lipinski definition) is 4. The standard InChI is InChI=1S/C23H30N2O3S2/c1-16-5-6-20(15-17(16)2)18(3)24-23(26)19-11-13-25(14-12-19)30(27,28)22-9-7-21(29-4)8-10-22/h5-10,15,18-19H,11-14H2,1-4H3,(H,24,26)/t18-/m1/s1. The molecule has 1 saturated heterocycles. The molecule has 30 heavy (non-hydrogen) atoms. The molecule has 1 heterocycles. The first-order valence-corrected chi connectivity index (χ1v) is 12.9. The molecule has 0 aliphatic carbocycles. The van der Waals surface area contributed by atoms with E-state index in [1.54, 1.807) is 23.9 Å². The molecule has 0 spiro atoms. The number of rotatable bonds is 6. The minimum Gasteiger partial charge on any atom is -0.349 e. The Bertz CT molecular complexity index is 996. The van der Waals surface area contributed by atoms with Gasteiger partial charge in [0.05, 0.1) is 10.9 Å². The maximum atomic E-state index is 12.9. The Labute approximate surface area is 184 Å². The van der Waals surface area contributed by atoms with Crippen molar-refractivity contribution in [2.24, 2.45) is 5.92 Å². The number of nitrogens with one attached hydrogen (secondary N) is 1. The summed E-state index contributed by atoms with van der Waals surface area (Å²) >= 11 is 1.58. The Morgan fingerprint density at radius 3 is 2.27 bits per heavy atom. The summed E-state index contributed by atoms with van der Waals surface area (Å²) in [6.45, 7) is 6.85. The summed E-state index contributed by atoms with van der Waals surface area (Å²) in [5, 5.41) is 3.10. The number of thioether (sulfide) groups is 1. The van der Waals surface area contributed by atoms with Crippen molar-refractivity contribution in [3.63, 3.8) is 0 Å². The fourth-order valence-electron chi connectivity index (χ4n) is 3.70. The van der Waals surface area contributed by atoms with E-state index in [0.717, 1.165) is 10.5 Å². The van der Waals surface area contributed by atoms with Crippen molar-refractivity contribution >= 4 is 27.7 Å². The highest BCUT2D eigenvalue weighted by Crippen LogP contribution is 2.26. The van der Waals surface area contributed by atoms with Gasteiger partial charge in [0.1, 0.15) is 0 Å². The first-order chi connectivity index (χ1) is 14.2. The number of nitrogens with zero attached hydrogens (tertiary/aromatic N) is 1. The van der Waals surface area contributed by atoms with E-state index in [1.807, 2.05) is 31.4 Å². The van der Waals surface area contributed by atoms with Gasteiger partial charge in [-0.2, -0.15) is 4.31 Å². The SMILES string of the molecule is CSc1ccc(S(=O)(=O)N2CCC(C(=O)N[C@H](C)c3ccc(C)c(C)c3)CC2)cc1. The molecular weight excluding hydrogens is 416 g/mol. The molecule has 1 N–H and O–H groups in total. The normalized spacial score (nSPS) is 16.9. The molecule has 0 bridgehead atoms. The quantitative estimate of drug-likeness (QED) is 0.672. The highest BCUT2D eigenvalue weighted by Gasteiger charge is 2.32. The maximum Gasteiger partial charge on any atom is 0.243 e. The van der Waals surface area contributed by atoms with Gasteiger partial charge in [-0.15, -0.1) is 11.8 Å². The molecular formula is C23H30N2O3S2. The first-order valence-electron chi connectivity index (χ1n) is 10.2. The predicted molar refractivity (Wildman–Crippen MR) is 122 cm³/mol. The van der Waals surface area contributed by atoms with Crippen molar-refractivity contribution in [1.82, 2.24) is 9.62 Å². The van der Waals surface area contributed by atoms with Crippen LogP contribution in [0.15, 0.2) is 52.3 Å². The Hall–Kier alpha value is -1.83. The lowest BCUT2D eigenvalue weighted by molar-refractivity contribution is -0.126. The van der Waals surface area contributed by atoms with Crippen molar-refractivity contribution in [2.45, 2.75) is 49.4 Å². The summed E-state index contributed by atoms with van der Waals surface area (Å²) in [6.07, 6.45) is 3.03.